The van der Waals surface area contributed by atoms with Gasteiger partial charge in [-0.05, 0) is 31.0 Å². The Morgan fingerprint density at radius 2 is 1.74 bits per heavy atom. The number of hydrogen-bond acceptors (Lipinski definition) is 8. The van der Waals surface area contributed by atoms with Crippen molar-refractivity contribution < 1.29 is 33.1 Å². The molecule has 0 bridgehead atoms. The lowest BCUT2D eigenvalue weighted by Crippen LogP contribution is -2.21. The Labute approximate surface area is 156 Å². The zero-order chi connectivity index (χ0) is 19.8. The molecule has 0 spiro atoms. The standard InChI is InChI=1S/C18H22N2O7/c1-11-7-15(20-27-11)19-16(21)10-26-17(22)6-5-12-8-13(23-2)18(25-4)14(9-12)24-3/h7-9H,5-6,10H2,1-4H3,(H,19,20,21). The molecule has 2 aromatic rings. The highest BCUT2D eigenvalue weighted by molar-refractivity contribution is 5.91. The summed E-state index contributed by atoms with van der Waals surface area (Å²) in [5.41, 5.74) is 0.809. The van der Waals surface area contributed by atoms with Gasteiger partial charge in [-0.15, -0.1) is 0 Å². The number of aromatic nitrogens is 1. The van der Waals surface area contributed by atoms with Gasteiger partial charge in [0.1, 0.15) is 5.76 Å². The third kappa shape index (κ3) is 5.63. The number of esters is 1. The van der Waals surface area contributed by atoms with Crippen molar-refractivity contribution in [3.05, 3.63) is 29.5 Å². The van der Waals surface area contributed by atoms with E-state index in [1.54, 1.807) is 25.1 Å². The summed E-state index contributed by atoms with van der Waals surface area (Å²) in [6, 6.07) is 5.08. The van der Waals surface area contributed by atoms with Crippen LogP contribution < -0.4 is 19.5 Å². The predicted molar refractivity (Wildman–Crippen MR) is 95.2 cm³/mol. The van der Waals surface area contributed by atoms with Crippen molar-refractivity contribution in [1.82, 2.24) is 5.16 Å². The number of carbonyl (C=O) groups is 2. The zero-order valence-corrected chi connectivity index (χ0v) is 15.7. The maximum absolute atomic E-state index is 11.9. The molecular formula is C18H22N2O7. The first-order valence-corrected chi connectivity index (χ1v) is 8.14. The van der Waals surface area contributed by atoms with Crippen molar-refractivity contribution >= 4 is 17.7 Å². The molecule has 2 rings (SSSR count). The Morgan fingerprint density at radius 3 is 2.26 bits per heavy atom. The number of nitrogens with zero attached hydrogens (tertiary/aromatic N) is 1. The highest BCUT2D eigenvalue weighted by Gasteiger charge is 2.15. The molecule has 0 fully saturated rings. The first-order chi connectivity index (χ1) is 13.0. The summed E-state index contributed by atoms with van der Waals surface area (Å²) in [6.45, 7) is 1.30. The summed E-state index contributed by atoms with van der Waals surface area (Å²) < 4.78 is 25.6. The average Bonchev–Trinajstić information content (AvgIpc) is 3.08. The van der Waals surface area contributed by atoms with E-state index in [0.29, 0.717) is 29.4 Å². The number of ether oxygens (including phenoxy) is 4. The fourth-order valence-electron chi connectivity index (χ4n) is 2.35. The van der Waals surface area contributed by atoms with Crippen molar-refractivity contribution in [3.8, 4) is 17.2 Å². The normalized spacial score (nSPS) is 10.2. The second kappa shape index (κ2) is 9.46. The number of anilines is 1. The number of benzene rings is 1. The molecule has 0 saturated carbocycles. The van der Waals surface area contributed by atoms with Gasteiger partial charge in [0.15, 0.2) is 23.9 Å². The summed E-state index contributed by atoms with van der Waals surface area (Å²) in [7, 11) is 4.55. The van der Waals surface area contributed by atoms with Crippen LogP contribution in [0.4, 0.5) is 5.82 Å². The molecular weight excluding hydrogens is 356 g/mol. The van der Waals surface area contributed by atoms with Crippen LogP contribution in [0.1, 0.15) is 17.7 Å². The van der Waals surface area contributed by atoms with E-state index in [1.165, 1.54) is 21.3 Å². The summed E-state index contributed by atoms with van der Waals surface area (Å²) >= 11 is 0. The van der Waals surface area contributed by atoms with E-state index in [0.717, 1.165) is 5.56 Å². The van der Waals surface area contributed by atoms with Gasteiger partial charge < -0.3 is 28.8 Å². The molecule has 1 N–H and O–H groups in total. The van der Waals surface area contributed by atoms with Crippen LogP contribution >= 0.6 is 0 Å². The van der Waals surface area contributed by atoms with Gasteiger partial charge >= 0.3 is 5.97 Å². The van der Waals surface area contributed by atoms with Gasteiger partial charge in [0.05, 0.1) is 21.3 Å². The molecule has 0 aliphatic carbocycles. The molecule has 0 atom stereocenters. The first-order valence-electron chi connectivity index (χ1n) is 8.14. The van der Waals surface area contributed by atoms with E-state index >= 15 is 0 Å². The molecule has 27 heavy (non-hydrogen) atoms. The van der Waals surface area contributed by atoms with Gasteiger partial charge in [0.25, 0.3) is 5.91 Å². The van der Waals surface area contributed by atoms with Crippen LogP contribution in [0.15, 0.2) is 22.7 Å². The second-order valence-corrected chi connectivity index (χ2v) is 5.57. The Bertz CT molecular complexity index is 776. The lowest BCUT2D eigenvalue weighted by Gasteiger charge is -2.14. The van der Waals surface area contributed by atoms with Gasteiger partial charge in [-0.3, -0.25) is 9.59 Å². The lowest BCUT2D eigenvalue weighted by atomic mass is 10.1. The third-order valence-electron chi connectivity index (χ3n) is 3.60. The van der Waals surface area contributed by atoms with Gasteiger partial charge in [0.2, 0.25) is 5.75 Å². The van der Waals surface area contributed by atoms with E-state index in [9.17, 15) is 9.59 Å². The van der Waals surface area contributed by atoms with Crippen molar-refractivity contribution in [3.63, 3.8) is 0 Å². The molecule has 1 aromatic carbocycles. The first kappa shape index (κ1) is 20.1. The van der Waals surface area contributed by atoms with Crippen molar-refractivity contribution in [2.45, 2.75) is 19.8 Å². The second-order valence-electron chi connectivity index (χ2n) is 5.57. The number of amides is 1. The predicted octanol–water partition coefficient (Wildman–Crippen LogP) is 2.12. The number of aryl methyl sites for hydroxylation is 2. The molecule has 1 heterocycles. The molecule has 1 aromatic heterocycles. The SMILES string of the molecule is COc1cc(CCC(=O)OCC(=O)Nc2cc(C)on2)cc(OC)c1OC. The van der Waals surface area contributed by atoms with E-state index in [2.05, 4.69) is 10.5 Å². The number of methoxy groups -OCH3 is 3. The fourth-order valence-corrected chi connectivity index (χ4v) is 2.35. The average molecular weight is 378 g/mol. The maximum atomic E-state index is 11.9. The number of rotatable bonds is 9. The van der Waals surface area contributed by atoms with Crippen LogP contribution in [0, 0.1) is 6.92 Å². The van der Waals surface area contributed by atoms with Gasteiger partial charge in [-0.1, -0.05) is 5.16 Å². The Kier molecular flexibility index (Phi) is 7.04. The van der Waals surface area contributed by atoms with Crippen LogP contribution in [-0.2, 0) is 20.7 Å². The van der Waals surface area contributed by atoms with E-state index < -0.39 is 18.5 Å². The topological polar surface area (TPSA) is 109 Å². The molecule has 0 aliphatic heterocycles. The highest BCUT2D eigenvalue weighted by Crippen LogP contribution is 2.38. The van der Waals surface area contributed by atoms with Gasteiger partial charge in [-0.2, -0.15) is 0 Å². The van der Waals surface area contributed by atoms with E-state index in [1.807, 2.05) is 0 Å². The molecule has 0 saturated heterocycles. The van der Waals surface area contributed by atoms with Crippen LogP contribution in [-0.4, -0.2) is 45.0 Å². The minimum atomic E-state index is -0.504. The van der Waals surface area contributed by atoms with Crippen molar-refractivity contribution in [2.24, 2.45) is 0 Å². The smallest absolute Gasteiger partial charge is 0.306 e. The van der Waals surface area contributed by atoms with Crippen LogP contribution in [0.3, 0.4) is 0 Å². The monoisotopic (exact) mass is 378 g/mol. The van der Waals surface area contributed by atoms with E-state index in [-0.39, 0.29) is 12.2 Å². The molecule has 1 amide bonds. The summed E-state index contributed by atoms with van der Waals surface area (Å²) in [4.78, 5) is 23.6. The molecule has 9 heteroatoms. The molecule has 0 aliphatic rings. The lowest BCUT2D eigenvalue weighted by molar-refractivity contribution is -0.147. The van der Waals surface area contributed by atoms with Crippen molar-refractivity contribution in [2.75, 3.05) is 33.3 Å². The minimum Gasteiger partial charge on any atom is -0.493 e. The third-order valence-corrected chi connectivity index (χ3v) is 3.60. The summed E-state index contributed by atoms with van der Waals surface area (Å²) in [5, 5.41) is 6.09. The Balaban J connectivity index is 1.85. The number of carbonyl (C=O) groups excluding carboxylic acids is 2. The Morgan fingerprint density at radius 1 is 1.07 bits per heavy atom. The quantitative estimate of drug-likeness (QED) is 0.661. The zero-order valence-electron chi connectivity index (χ0n) is 15.7. The summed E-state index contributed by atoms with van der Waals surface area (Å²) in [6.07, 6.45) is 0.481. The highest BCUT2D eigenvalue weighted by atomic mass is 16.5. The van der Waals surface area contributed by atoms with Crippen LogP contribution in [0.25, 0.3) is 0 Å². The maximum Gasteiger partial charge on any atom is 0.306 e. The molecule has 146 valence electrons. The summed E-state index contributed by atoms with van der Waals surface area (Å²) in [5.74, 6) is 1.31. The molecule has 0 radical (unpaired) electrons. The number of hydrogen-bond donors (Lipinski definition) is 1. The number of nitrogens with one attached hydrogen (secondary N) is 1. The Hall–Kier alpha value is -3.23. The van der Waals surface area contributed by atoms with Crippen LogP contribution in [0.5, 0.6) is 17.2 Å². The molecule has 9 nitrogen and oxygen atoms in total. The minimum absolute atomic E-state index is 0.0922. The van der Waals surface area contributed by atoms with Gasteiger partial charge in [-0.25, -0.2) is 0 Å². The largest absolute Gasteiger partial charge is 0.493 e. The van der Waals surface area contributed by atoms with Gasteiger partial charge in [0, 0.05) is 12.5 Å². The molecule has 0 unspecified atom stereocenters. The van der Waals surface area contributed by atoms with E-state index in [4.69, 9.17) is 23.5 Å². The van der Waals surface area contributed by atoms with Crippen molar-refractivity contribution in [1.29, 1.82) is 0 Å². The van der Waals surface area contributed by atoms with Crippen LogP contribution in [0.2, 0.25) is 0 Å². The fraction of sp³-hybridized carbons (Fsp3) is 0.389.